The summed E-state index contributed by atoms with van der Waals surface area (Å²) in [4.78, 5) is 17.2. The van der Waals surface area contributed by atoms with Gasteiger partial charge >= 0.3 is 0 Å². The Balaban J connectivity index is 1.65. The molecule has 0 spiro atoms. The van der Waals surface area contributed by atoms with Crippen molar-refractivity contribution in [1.82, 2.24) is 24.6 Å². The Morgan fingerprint density at radius 1 is 1.36 bits per heavy atom. The van der Waals surface area contributed by atoms with Crippen LogP contribution in [0.4, 0.5) is 0 Å². The zero-order chi connectivity index (χ0) is 15.3. The molecule has 22 heavy (non-hydrogen) atoms. The lowest BCUT2D eigenvalue weighted by atomic mass is 10.0. The molecule has 6 nitrogen and oxygen atoms in total. The van der Waals surface area contributed by atoms with E-state index in [-0.39, 0.29) is 11.9 Å². The molecule has 6 heteroatoms. The van der Waals surface area contributed by atoms with E-state index >= 15 is 0 Å². The fourth-order valence-corrected chi connectivity index (χ4v) is 3.60. The summed E-state index contributed by atoms with van der Waals surface area (Å²) >= 11 is 0. The number of H-pyrrole nitrogens is 1. The van der Waals surface area contributed by atoms with Gasteiger partial charge in [-0.2, -0.15) is 5.10 Å². The average molecular weight is 299 g/mol. The molecule has 1 amide bonds. The summed E-state index contributed by atoms with van der Waals surface area (Å²) in [5.41, 5.74) is 4.00. The van der Waals surface area contributed by atoms with Crippen LogP contribution in [0.2, 0.25) is 0 Å². The van der Waals surface area contributed by atoms with Crippen molar-refractivity contribution in [2.45, 2.75) is 32.5 Å². The molecule has 0 bridgehead atoms. The summed E-state index contributed by atoms with van der Waals surface area (Å²) in [6.45, 7) is 5.49. The third kappa shape index (κ3) is 1.98. The third-order valence-corrected chi connectivity index (χ3v) is 4.93. The maximum Gasteiger partial charge on any atom is 0.275 e. The number of nitrogens with zero attached hydrogens (tertiary/aromatic N) is 4. The van der Waals surface area contributed by atoms with E-state index in [1.165, 1.54) is 5.69 Å². The van der Waals surface area contributed by atoms with Crippen LogP contribution < -0.4 is 0 Å². The fourth-order valence-electron chi connectivity index (χ4n) is 3.60. The number of nitrogens with one attached hydrogen (secondary N) is 1. The van der Waals surface area contributed by atoms with Crippen LogP contribution in [-0.2, 0) is 19.5 Å². The molecule has 1 unspecified atom stereocenters. The molecular weight excluding hydrogens is 278 g/mol. The number of carbonyl (C=O) groups excluding carboxylic acids is 1. The normalized spacial score (nSPS) is 21.5. The van der Waals surface area contributed by atoms with Gasteiger partial charge in [-0.3, -0.25) is 9.89 Å². The van der Waals surface area contributed by atoms with E-state index in [9.17, 15) is 4.79 Å². The first-order chi connectivity index (χ1) is 10.6. The second-order valence-electron chi connectivity index (χ2n) is 6.32. The Morgan fingerprint density at radius 3 is 3.09 bits per heavy atom. The van der Waals surface area contributed by atoms with Crippen molar-refractivity contribution in [3.05, 3.63) is 41.0 Å². The topological polar surface area (TPSA) is 57.2 Å². The van der Waals surface area contributed by atoms with Gasteiger partial charge in [-0.05, 0) is 26.1 Å². The molecule has 2 aromatic rings. The molecule has 116 valence electrons. The van der Waals surface area contributed by atoms with Crippen LogP contribution in [0.25, 0.3) is 0 Å². The Morgan fingerprint density at radius 2 is 2.23 bits per heavy atom. The monoisotopic (exact) mass is 299 g/mol. The van der Waals surface area contributed by atoms with Crippen LogP contribution in [0.5, 0.6) is 0 Å². The molecule has 4 heterocycles. The van der Waals surface area contributed by atoms with Crippen molar-refractivity contribution in [2.24, 2.45) is 0 Å². The van der Waals surface area contributed by atoms with Crippen LogP contribution in [0.1, 0.15) is 40.4 Å². The molecule has 4 rings (SSSR count). The van der Waals surface area contributed by atoms with Crippen LogP contribution in [0, 0.1) is 0 Å². The highest BCUT2D eigenvalue weighted by Crippen LogP contribution is 2.28. The average Bonchev–Trinajstić information content (AvgIpc) is 3.13. The number of carbonyl (C=O) groups is 1. The highest BCUT2D eigenvalue weighted by molar-refractivity contribution is 5.94. The number of hydrogen-bond acceptors (Lipinski definition) is 3. The molecule has 0 saturated heterocycles. The summed E-state index contributed by atoms with van der Waals surface area (Å²) in [5.74, 6) is 0.0488. The first-order valence-electron chi connectivity index (χ1n) is 7.86. The van der Waals surface area contributed by atoms with Gasteiger partial charge in [0.05, 0.1) is 6.04 Å². The van der Waals surface area contributed by atoms with Gasteiger partial charge in [0.1, 0.15) is 0 Å². The van der Waals surface area contributed by atoms with Gasteiger partial charge in [-0.25, -0.2) is 0 Å². The maximum atomic E-state index is 13.0. The van der Waals surface area contributed by atoms with Gasteiger partial charge in [0.2, 0.25) is 0 Å². The Labute approximate surface area is 129 Å². The lowest BCUT2D eigenvalue weighted by Crippen LogP contribution is -2.41. The second kappa shape index (κ2) is 4.98. The molecule has 0 fully saturated rings. The quantitative estimate of drug-likeness (QED) is 0.866. The van der Waals surface area contributed by atoms with E-state index < -0.39 is 0 Å². The van der Waals surface area contributed by atoms with E-state index in [0.29, 0.717) is 5.69 Å². The Kier molecular flexibility index (Phi) is 3.07. The minimum atomic E-state index is 0.0488. The van der Waals surface area contributed by atoms with Crippen molar-refractivity contribution in [3.63, 3.8) is 0 Å². The maximum absolute atomic E-state index is 13.0. The van der Waals surface area contributed by atoms with E-state index in [0.717, 1.165) is 43.9 Å². The minimum absolute atomic E-state index is 0.0488. The van der Waals surface area contributed by atoms with Gasteiger partial charge in [-0.15, -0.1) is 0 Å². The van der Waals surface area contributed by atoms with Crippen LogP contribution in [-0.4, -0.2) is 50.6 Å². The smallest absolute Gasteiger partial charge is 0.275 e. The summed E-state index contributed by atoms with van der Waals surface area (Å²) in [6, 6.07) is 4.23. The number of rotatable bonds is 1. The molecule has 0 saturated carbocycles. The molecule has 0 aromatic carbocycles. The largest absolute Gasteiger partial charge is 0.348 e. The third-order valence-electron chi connectivity index (χ3n) is 4.93. The molecule has 1 atom stereocenters. The van der Waals surface area contributed by atoms with E-state index in [1.54, 1.807) is 0 Å². The van der Waals surface area contributed by atoms with Crippen molar-refractivity contribution in [2.75, 3.05) is 20.1 Å². The highest BCUT2D eigenvalue weighted by atomic mass is 16.2. The molecule has 2 aromatic heterocycles. The van der Waals surface area contributed by atoms with Gasteiger partial charge < -0.3 is 14.4 Å². The summed E-state index contributed by atoms with van der Waals surface area (Å²) < 4.78 is 2.22. The van der Waals surface area contributed by atoms with Crippen LogP contribution in [0.3, 0.4) is 0 Å². The molecule has 1 N–H and O–H groups in total. The number of fused-ring (bicyclic) bond motifs is 2. The number of aromatic nitrogens is 3. The van der Waals surface area contributed by atoms with E-state index in [1.807, 2.05) is 11.0 Å². The van der Waals surface area contributed by atoms with Crippen molar-refractivity contribution < 1.29 is 4.79 Å². The molecule has 0 radical (unpaired) electrons. The Bertz CT molecular complexity index is 716. The predicted molar refractivity (Wildman–Crippen MR) is 82.5 cm³/mol. The van der Waals surface area contributed by atoms with Gasteiger partial charge in [0.25, 0.3) is 5.91 Å². The number of likely N-dealkylation sites (N-methyl/N-ethyl adjacent to an activating group) is 1. The Hall–Kier alpha value is -2.08. The number of hydrogen-bond donors (Lipinski definition) is 1. The summed E-state index contributed by atoms with van der Waals surface area (Å²) in [7, 11) is 2.08. The molecular formula is C16H21N5O. The minimum Gasteiger partial charge on any atom is -0.348 e. The first-order valence-corrected chi connectivity index (χ1v) is 7.86. The number of aromatic amines is 1. The molecule has 0 aliphatic carbocycles. The van der Waals surface area contributed by atoms with Crippen molar-refractivity contribution >= 4 is 5.91 Å². The van der Waals surface area contributed by atoms with Gasteiger partial charge in [-0.1, -0.05) is 0 Å². The van der Waals surface area contributed by atoms with Gasteiger partial charge in [0, 0.05) is 55.7 Å². The first kappa shape index (κ1) is 13.6. The van der Waals surface area contributed by atoms with Crippen LogP contribution >= 0.6 is 0 Å². The summed E-state index contributed by atoms with van der Waals surface area (Å²) in [5, 5.41) is 7.40. The van der Waals surface area contributed by atoms with Crippen LogP contribution in [0.15, 0.2) is 18.3 Å². The van der Waals surface area contributed by atoms with E-state index in [4.69, 9.17) is 0 Å². The lowest BCUT2D eigenvalue weighted by Gasteiger charge is -2.35. The molecule has 2 aliphatic heterocycles. The van der Waals surface area contributed by atoms with Crippen molar-refractivity contribution in [1.29, 1.82) is 0 Å². The zero-order valence-electron chi connectivity index (χ0n) is 13.0. The second-order valence-corrected chi connectivity index (χ2v) is 6.32. The zero-order valence-corrected chi connectivity index (χ0v) is 13.0. The number of amides is 1. The SMILES string of the molecule is CC1c2cccn2CCN1C(=O)c1n[nH]c2c1CN(C)CC2. The lowest BCUT2D eigenvalue weighted by molar-refractivity contribution is 0.0635. The summed E-state index contributed by atoms with van der Waals surface area (Å²) in [6.07, 6.45) is 3.02. The highest BCUT2D eigenvalue weighted by Gasteiger charge is 2.32. The molecule has 2 aliphatic rings. The fraction of sp³-hybridized carbons (Fsp3) is 0.500. The van der Waals surface area contributed by atoms with E-state index in [2.05, 4.69) is 45.9 Å². The van der Waals surface area contributed by atoms with Crippen molar-refractivity contribution in [3.8, 4) is 0 Å². The predicted octanol–water partition coefficient (Wildman–Crippen LogP) is 1.42. The standard InChI is InChI=1S/C16H21N5O/c1-11-14-4-3-6-20(14)8-9-21(11)16(22)15-12-10-19(2)7-5-13(12)17-18-15/h3-4,6,11H,5,7-10H2,1-2H3,(H,17,18). The van der Waals surface area contributed by atoms with Gasteiger partial charge in [0.15, 0.2) is 5.69 Å².